The van der Waals surface area contributed by atoms with Gasteiger partial charge in [0.15, 0.2) is 0 Å². The summed E-state index contributed by atoms with van der Waals surface area (Å²) in [5, 5.41) is 3.27. The van der Waals surface area contributed by atoms with Gasteiger partial charge in [-0.25, -0.2) is 4.98 Å². The summed E-state index contributed by atoms with van der Waals surface area (Å²) in [4.78, 5) is 21.2. The average Bonchev–Trinajstić information content (AvgIpc) is 2.74. The van der Waals surface area contributed by atoms with E-state index in [9.17, 15) is 4.79 Å². The first-order chi connectivity index (χ1) is 13.6. The maximum absolute atomic E-state index is 12.8. The second-order valence-corrected chi connectivity index (χ2v) is 7.24. The summed E-state index contributed by atoms with van der Waals surface area (Å²) in [6.45, 7) is 1.40. The molecule has 0 spiro atoms. The molecule has 5 nitrogen and oxygen atoms in total. The van der Waals surface area contributed by atoms with E-state index < -0.39 is 0 Å². The number of aromatic nitrogens is 1. The van der Waals surface area contributed by atoms with Gasteiger partial charge in [0.2, 0.25) is 0 Å². The molecular weight excluding hydrogens is 348 g/mol. The summed E-state index contributed by atoms with van der Waals surface area (Å²) in [6, 6.07) is 20.1. The van der Waals surface area contributed by atoms with Crippen molar-refractivity contribution in [1.82, 2.24) is 9.88 Å². The number of benzene rings is 2. The lowest BCUT2D eigenvalue weighted by Gasteiger charge is -2.28. The minimum atomic E-state index is 0.0314. The van der Waals surface area contributed by atoms with Gasteiger partial charge in [0, 0.05) is 44.8 Å². The highest BCUT2D eigenvalue weighted by Crippen LogP contribution is 2.22. The Hall–Kier alpha value is -3.34. The first kappa shape index (κ1) is 18.0. The number of hydrogen-bond acceptors (Lipinski definition) is 4. The zero-order valence-corrected chi connectivity index (χ0v) is 16.2. The molecule has 2 aromatic carbocycles. The third-order valence-electron chi connectivity index (χ3n) is 5.08. The summed E-state index contributed by atoms with van der Waals surface area (Å²) >= 11 is 0. The molecule has 0 bridgehead atoms. The van der Waals surface area contributed by atoms with E-state index in [1.165, 1.54) is 11.1 Å². The van der Waals surface area contributed by atoms with Crippen LogP contribution in [-0.2, 0) is 13.0 Å². The minimum Gasteiger partial charge on any atom is -0.378 e. The van der Waals surface area contributed by atoms with Crippen LogP contribution in [0.3, 0.4) is 0 Å². The second kappa shape index (κ2) is 7.72. The van der Waals surface area contributed by atoms with Crippen LogP contribution in [0.25, 0.3) is 0 Å². The van der Waals surface area contributed by atoms with Gasteiger partial charge in [0.25, 0.3) is 5.91 Å². The van der Waals surface area contributed by atoms with E-state index in [1.807, 2.05) is 49.3 Å². The van der Waals surface area contributed by atoms with E-state index in [4.69, 9.17) is 0 Å². The number of anilines is 3. The highest BCUT2D eigenvalue weighted by atomic mass is 16.2. The van der Waals surface area contributed by atoms with Crippen molar-refractivity contribution < 1.29 is 4.79 Å². The second-order valence-electron chi connectivity index (χ2n) is 7.24. The summed E-state index contributed by atoms with van der Waals surface area (Å²) in [6.07, 6.45) is 2.55. The fourth-order valence-electron chi connectivity index (χ4n) is 3.44. The predicted molar refractivity (Wildman–Crippen MR) is 113 cm³/mol. The first-order valence-corrected chi connectivity index (χ1v) is 9.47. The van der Waals surface area contributed by atoms with Crippen LogP contribution in [0.1, 0.15) is 21.5 Å². The monoisotopic (exact) mass is 372 g/mol. The van der Waals surface area contributed by atoms with Crippen molar-refractivity contribution in [1.29, 1.82) is 0 Å². The lowest BCUT2D eigenvalue weighted by molar-refractivity contribution is 0.0734. The van der Waals surface area contributed by atoms with Crippen LogP contribution in [0.5, 0.6) is 0 Å². The topological polar surface area (TPSA) is 48.5 Å². The van der Waals surface area contributed by atoms with E-state index >= 15 is 0 Å². The molecule has 0 fully saturated rings. The van der Waals surface area contributed by atoms with Crippen LogP contribution in [0.2, 0.25) is 0 Å². The SMILES string of the molecule is CN(C)c1ccc(Nc2ccc(C(=O)N3CCc4ccccc4C3)cn2)cc1. The molecule has 28 heavy (non-hydrogen) atoms. The molecular formula is C23H24N4O. The number of pyridine rings is 1. The molecule has 5 heteroatoms. The summed E-state index contributed by atoms with van der Waals surface area (Å²) in [5.74, 6) is 0.752. The third kappa shape index (κ3) is 3.83. The summed E-state index contributed by atoms with van der Waals surface area (Å²) in [5.41, 5.74) is 5.29. The van der Waals surface area contributed by atoms with E-state index in [-0.39, 0.29) is 5.91 Å². The molecule has 0 saturated carbocycles. The van der Waals surface area contributed by atoms with Crippen LogP contribution >= 0.6 is 0 Å². The smallest absolute Gasteiger partial charge is 0.255 e. The third-order valence-corrected chi connectivity index (χ3v) is 5.08. The van der Waals surface area contributed by atoms with Gasteiger partial charge in [-0.3, -0.25) is 4.79 Å². The Labute approximate surface area is 165 Å². The molecule has 1 amide bonds. The van der Waals surface area contributed by atoms with Crippen LogP contribution in [-0.4, -0.2) is 36.4 Å². The lowest BCUT2D eigenvalue weighted by Crippen LogP contribution is -2.35. The Bertz CT molecular complexity index is 965. The van der Waals surface area contributed by atoms with Gasteiger partial charge in [-0.2, -0.15) is 0 Å². The minimum absolute atomic E-state index is 0.0314. The number of fused-ring (bicyclic) bond motifs is 1. The van der Waals surface area contributed by atoms with Crippen molar-refractivity contribution >= 4 is 23.1 Å². The van der Waals surface area contributed by atoms with E-state index in [1.54, 1.807) is 6.20 Å². The maximum Gasteiger partial charge on any atom is 0.255 e. The molecule has 0 aliphatic carbocycles. The predicted octanol–water partition coefficient (Wildman–Crippen LogP) is 4.09. The normalized spacial score (nSPS) is 13.0. The fraction of sp³-hybridized carbons (Fsp3) is 0.217. The van der Waals surface area contributed by atoms with Crippen molar-refractivity contribution in [3.8, 4) is 0 Å². The average molecular weight is 372 g/mol. The molecule has 0 radical (unpaired) electrons. The van der Waals surface area contributed by atoms with Crippen LogP contribution in [0, 0.1) is 0 Å². The quantitative estimate of drug-likeness (QED) is 0.749. The number of amides is 1. The number of carbonyl (C=O) groups is 1. The first-order valence-electron chi connectivity index (χ1n) is 9.47. The fourth-order valence-corrected chi connectivity index (χ4v) is 3.44. The molecule has 0 unspecified atom stereocenters. The molecule has 142 valence electrons. The van der Waals surface area contributed by atoms with Gasteiger partial charge in [0.1, 0.15) is 5.82 Å². The van der Waals surface area contributed by atoms with Crippen molar-refractivity contribution in [2.75, 3.05) is 30.9 Å². The van der Waals surface area contributed by atoms with Gasteiger partial charge in [-0.05, 0) is 53.9 Å². The zero-order valence-electron chi connectivity index (χ0n) is 16.2. The molecule has 4 rings (SSSR count). The van der Waals surface area contributed by atoms with Crippen molar-refractivity contribution in [2.24, 2.45) is 0 Å². The van der Waals surface area contributed by atoms with Crippen molar-refractivity contribution in [2.45, 2.75) is 13.0 Å². The summed E-state index contributed by atoms with van der Waals surface area (Å²) in [7, 11) is 4.03. The van der Waals surface area contributed by atoms with Crippen LogP contribution < -0.4 is 10.2 Å². The molecule has 1 aliphatic rings. The molecule has 0 atom stereocenters. The van der Waals surface area contributed by atoms with E-state index in [0.29, 0.717) is 12.1 Å². The number of carbonyl (C=O) groups excluding carboxylic acids is 1. The van der Waals surface area contributed by atoms with Gasteiger partial charge in [0.05, 0.1) is 5.56 Å². The Morgan fingerprint density at radius 3 is 2.43 bits per heavy atom. The number of hydrogen-bond donors (Lipinski definition) is 1. The Balaban J connectivity index is 1.42. The zero-order chi connectivity index (χ0) is 19.5. The maximum atomic E-state index is 12.8. The van der Waals surface area contributed by atoms with Crippen LogP contribution in [0.15, 0.2) is 66.9 Å². The molecule has 2 heterocycles. The molecule has 3 aromatic rings. The summed E-state index contributed by atoms with van der Waals surface area (Å²) < 4.78 is 0. The van der Waals surface area contributed by atoms with Gasteiger partial charge >= 0.3 is 0 Å². The number of nitrogens with zero attached hydrogens (tertiary/aromatic N) is 3. The highest BCUT2D eigenvalue weighted by Gasteiger charge is 2.21. The highest BCUT2D eigenvalue weighted by molar-refractivity contribution is 5.94. The van der Waals surface area contributed by atoms with E-state index in [0.717, 1.165) is 30.2 Å². The number of rotatable bonds is 4. The lowest BCUT2D eigenvalue weighted by atomic mass is 9.99. The Morgan fingerprint density at radius 1 is 1.00 bits per heavy atom. The van der Waals surface area contributed by atoms with Crippen molar-refractivity contribution in [3.05, 3.63) is 83.6 Å². The van der Waals surface area contributed by atoms with Crippen molar-refractivity contribution in [3.63, 3.8) is 0 Å². The standard InChI is InChI=1S/C23H24N4O/c1-26(2)21-10-8-20(9-11-21)25-22-12-7-18(15-24-22)23(28)27-14-13-17-5-3-4-6-19(17)16-27/h3-12,15H,13-14,16H2,1-2H3,(H,24,25). The van der Waals surface area contributed by atoms with Gasteiger partial charge in [-0.1, -0.05) is 24.3 Å². The van der Waals surface area contributed by atoms with E-state index in [2.05, 4.69) is 45.5 Å². The van der Waals surface area contributed by atoms with Crippen LogP contribution in [0.4, 0.5) is 17.2 Å². The molecule has 0 saturated heterocycles. The Morgan fingerprint density at radius 2 is 1.75 bits per heavy atom. The molecule has 1 aliphatic heterocycles. The van der Waals surface area contributed by atoms with Gasteiger partial charge in [-0.15, -0.1) is 0 Å². The molecule has 1 N–H and O–H groups in total. The molecule has 1 aromatic heterocycles. The largest absolute Gasteiger partial charge is 0.378 e. The van der Waals surface area contributed by atoms with Gasteiger partial charge < -0.3 is 15.1 Å². The Kier molecular flexibility index (Phi) is 4.98. The number of nitrogens with one attached hydrogen (secondary N) is 1.